The molecule has 0 radical (unpaired) electrons. The number of benzene rings is 3. The van der Waals surface area contributed by atoms with Crippen LogP contribution in [0.1, 0.15) is 34.3 Å². The molecule has 0 unspecified atom stereocenters. The highest BCUT2D eigenvalue weighted by Gasteiger charge is 2.17. The Hall–Kier alpha value is -3.57. The predicted octanol–water partition coefficient (Wildman–Crippen LogP) is 5.31. The van der Waals surface area contributed by atoms with Crippen LogP contribution >= 0.6 is 0 Å². The van der Waals surface area contributed by atoms with E-state index < -0.39 is 0 Å². The molecule has 1 saturated heterocycles. The molecule has 2 heterocycles. The van der Waals surface area contributed by atoms with Crippen molar-refractivity contribution in [1.29, 1.82) is 0 Å². The lowest BCUT2D eigenvalue weighted by atomic mass is 9.94. The van der Waals surface area contributed by atoms with Gasteiger partial charge in [-0.3, -0.25) is 9.69 Å². The summed E-state index contributed by atoms with van der Waals surface area (Å²) in [6.45, 7) is 4.15. The number of nitrogens with zero attached hydrogens (tertiary/aromatic N) is 1. The maximum Gasteiger partial charge on any atom is 0.231 e. The molecule has 168 valence electrons. The molecule has 0 aliphatic carbocycles. The first-order valence-electron chi connectivity index (χ1n) is 11.4. The highest BCUT2D eigenvalue weighted by Crippen LogP contribution is 2.34. The van der Waals surface area contributed by atoms with Gasteiger partial charge in [0.25, 0.3) is 0 Å². The molecule has 0 atom stereocenters. The SMILES string of the molecule is O=C(/C(=C/c1ccc2c(c1)OCO2)c1ccccc1)c1ccc(OCCN2CCCC2)cc1. The summed E-state index contributed by atoms with van der Waals surface area (Å²) in [6.07, 6.45) is 4.46. The lowest BCUT2D eigenvalue weighted by molar-refractivity contribution is 0.105. The van der Waals surface area contributed by atoms with E-state index in [4.69, 9.17) is 14.2 Å². The number of ether oxygens (including phenoxy) is 3. The molecular weight excluding hydrogens is 414 g/mol. The Balaban J connectivity index is 1.34. The van der Waals surface area contributed by atoms with E-state index in [-0.39, 0.29) is 12.6 Å². The average Bonchev–Trinajstić information content (AvgIpc) is 3.55. The zero-order chi connectivity index (χ0) is 22.5. The molecule has 0 amide bonds. The fourth-order valence-corrected chi connectivity index (χ4v) is 4.22. The van der Waals surface area contributed by atoms with Crippen LogP contribution in [0.4, 0.5) is 0 Å². The van der Waals surface area contributed by atoms with Gasteiger partial charge in [0.1, 0.15) is 12.4 Å². The molecular formula is C28H27NO4. The molecule has 5 rings (SSSR count). The Bertz CT molecular complexity index is 1130. The largest absolute Gasteiger partial charge is 0.492 e. The average molecular weight is 442 g/mol. The molecule has 5 heteroatoms. The zero-order valence-corrected chi connectivity index (χ0v) is 18.5. The summed E-state index contributed by atoms with van der Waals surface area (Å²) in [7, 11) is 0. The first kappa shape index (κ1) is 21.3. The van der Waals surface area contributed by atoms with Crippen LogP contribution in [0.3, 0.4) is 0 Å². The van der Waals surface area contributed by atoms with E-state index in [2.05, 4.69) is 4.90 Å². The molecule has 3 aromatic carbocycles. The number of fused-ring (bicyclic) bond motifs is 1. The summed E-state index contributed by atoms with van der Waals surface area (Å²) in [6, 6.07) is 22.8. The van der Waals surface area contributed by atoms with E-state index in [1.165, 1.54) is 12.8 Å². The van der Waals surface area contributed by atoms with Crippen molar-refractivity contribution < 1.29 is 19.0 Å². The number of carbonyl (C=O) groups is 1. The van der Waals surface area contributed by atoms with Crippen LogP contribution in [0.25, 0.3) is 11.6 Å². The topological polar surface area (TPSA) is 48.0 Å². The molecule has 5 nitrogen and oxygen atoms in total. The Labute approximate surface area is 194 Å². The van der Waals surface area contributed by atoms with Crippen LogP contribution < -0.4 is 14.2 Å². The lowest BCUT2D eigenvalue weighted by Gasteiger charge is -2.15. The smallest absolute Gasteiger partial charge is 0.231 e. The number of hydrogen-bond acceptors (Lipinski definition) is 5. The van der Waals surface area contributed by atoms with Gasteiger partial charge >= 0.3 is 0 Å². The molecule has 0 N–H and O–H groups in total. The van der Waals surface area contributed by atoms with Gasteiger partial charge in [-0.15, -0.1) is 0 Å². The van der Waals surface area contributed by atoms with Gasteiger partial charge in [0.15, 0.2) is 17.3 Å². The molecule has 0 spiro atoms. The summed E-state index contributed by atoms with van der Waals surface area (Å²) < 4.78 is 16.8. The van der Waals surface area contributed by atoms with Crippen LogP contribution in [-0.4, -0.2) is 43.7 Å². The van der Waals surface area contributed by atoms with Crippen molar-refractivity contribution in [2.45, 2.75) is 12.8 Å². The highest BCUT2D eigenvalue weighted by atomic mass is 16.7. The Morgan fingerprint density at radius 1 is 0.879 bits per heavy atom. The fourth-order valence-electron chi connectivity index (χ4n) is 4.22. The number of Topliss-reactive ketones (excluding diaryl/α,β-unsaturated/α-hetero) is 1. The Morgan fingerprint density at radius 3 is 2.42 bits per heavy atom. The maximum absolute atomic E-state index is 13.5. The quantitative estimate of drug-likeness (QED) is 0.269. The molecule has 2 aliphatic heterocycles. The van der Waals surface area contributed by atoms with Crippen molar-refractivity contribution >= 4 is 17.4 Å². The fraction of sp³-hybridized carbons (Fsp3) is 0.250. The highest BCUT2D eigenvalue weighted by molar-refractivity contribution is 6.32. The molecule has 0 bridgehead atoms. The normalized spacial score (nSPS) is 15.6. The van der Waals surface area contributed by atoms with Gasteiger partial charge < -0.3 is 14.2 Å². The van der Waals surface area contributed by atoms with E-state index in [0.29, 0.717) is 23.5 Å². The second-order valence-electron chi connectivity index (χ2n) is 8.29. The van der Waals surface area contributed by atoms with E-state index in [9.17, 15) is 4.79 Å². The van der Waals surface area contributed by atoms with Gasteiger partial charge in [-0.1, -0.05) is 36.4 Å². The number of carbonyl (C=O) groups excluding carboxylic acids is 1. The van der Waals surface area contributed by atoms with Crippen molar-refractivity contribution in [1.82, 2.24) is 4.90 Å². The first-order chi connectivity index (χ1) is 16.3. The molecule has 2 aliphatic rings. The van der Waals surface area contributed by atoms with Gasteiger partial charge in [0, 0.05) is 17.7 Å². The molecule has 3 aromatic rings. The second kappa shape index (κ2) is 9.92. The van der Waals surface area contributed by atoms with Crippen molar-refractivity contribution in [2.75, 3.05) is 33.0 Å². The van der Waals surface area contributed by atoms with Gasteiger partial charge in [-0.05, 0) is 79.5 Å². The molecule has 0 aromatic heterocycles. The number of allylic oxidation sites excluding steroid dienone is 1. The van der Waals surface area contributed by atoms with Crippen molar-refractivity contribution in [3.05, 3.63) is 89.5 Å². The minimum Gasteiger partial charge on any atom is -0.492 e. The van der Waals surface area contributed by atoms with E-state index >= 15 is 0 Å². The summed E-state index contributed by atoms with van der Waals surface area (Å²) in [5, 5.41) is 0. The monoisotopic (exact) mass is 441 g/mol. The van der Waals surface area contributed by atoms with Crippen LogP contribution in [0.15, 0.2) is 72.8 Å². The maximum atomic E-state index is 13.5. The molecule has 33 heavy (non-hydrogen) atoms. The minimum absolute atomic E-state index is 0.0394. The van der Waals surface area contributed by atoms with E-state index in [1.807, 2.05) is 78.9 Å². The van der Waals surface area contributed by atoms with Crippen LogP contribution in [0.2, 0.25) is 0 Å². The van der Waals surface area contributed by atoms with Gasteiger partial charge in [0.2, 0.25) is 6.79 Å². The van der Waals surface area contributed by atoms with Crippen LogP contribution in [0, 0.1) is 0 Å². The number of ketones is 1. The van der Waals surface area contributed by atoms with Gasteiger partial charge in [-0.25, -0.2) is 0 Å². The minimum atomic E-state index is -0.0394. The summed E-state index contributed by atoms with van der Waals surface area (Å²) in [5.41, 5.74) is 2.99. The molecule has 0 saturated carbocycles. The lowest BCUT2D eigenvalue weighted by Crippen LogP contribution is -2.25. The van der Waals surface area contributed by atoms with Crippen LogP contribution in [-0.2, 0) is 0 Å². The number of hydrogen-bond donors (Lipinski definition) is 0. The summed E-state index contributed by atoms with van der Waals surface area (Å²) >= 11 is 0. The van der Waals surface area contributed by atoms with Crippen molar-refractivity contribution in [3.63, 3.8) is 0 Å². The van der Waals surface area contributed by atoms with Crippen molar-refractivity contribution in [3.8, 4) is 17.2 Å². The standard InChI is InChI=1S/C28H27NO4/c30-28(23-9-11-24(12-10-23)31-17-16-29-14-4-5-15-29)25(22-6-2-1-3-7-22)18-21-8-13-26-27(19-21)33-20-32-26/h1-3,6-13,18-19H,4-5,14-17,20H2/b25-18+. The van der Waals surface area contributed by atoms with Crippen LogP contribution in [0.5, 0.6) is 17.2 Å². The number of rotatable bonds is 8. The third-order valence-corrected chi connectivity index (χ3v) is 6.03. The summed E-state index contributed by atoms with van der Waals surface area (Å²) in [4.78, 5) is 15.9. The second-order valence-corrected chi connectivity index (χ2v) is 8.29. The van der Waals surface area contributed by atoms with Gasteiger partial charge in [0.05, 0.1) is 0 Å². The molecule has 1 fully saturated rings. The van der Waals surface area contributed by atoms with Crippen molar-refractivity contribution in [2.24, 2.45) is 0 Å². The van der Waals surface area contributed by atoms with E-state index in [1.54, 1.807) is 0 Å². The van der Waals surface area contributed by atoms with E-state index in [0.717, 1.165) is 42.3 Å². The number of likely N-dealkylation sites (tertiary alicyclic amines) is 1. The Kier molecular flexibility index (Phi) is 6.40. The summed E-state index contributed by atoms with van der Waals surface area (Å²) in [5.74, 6) is 2.16. The Morgan fingerprint density at radius 2 is 1.64 bits per heavy atom. The zero-order valence-electron chi connectivity index (χ0n) is 18.5. The first-order valence-corrected chi connectivity index (χ1v) is 11.4. The predicted molar refractivity (Wildman–Crippen MR) is 129 cm³/mol. The third kappa shape index (κ3) is 5.10. The van der Waals surface area contributed by atoms with Gasteiger partial charge in [-0.2, -0.15) is 0 Å². The third-order valence-electron chi connectivity index (χ3n) is 6.03.